The first-order chi connectivity index (χ1) is 15.8. The second kappa shape index (κ2) is 11.7. The van der Waals surface area contributed by atoms with Gasteiger partial charge in [-0.1, -0.05) is 0 Å². The summed E-state index contributed by atoms with van der Waals surface area (Å²) >= 11 is 1.46. The third-order valence-electron chi connectivity index (χ3n) is 6.43. The first kappa shape index (κ1) is 27.4. The minimum absolute atomic E-state index is 0. The van der Waals surface area contributed by atoms with Crippen molar-refractivity contribution in [1.82, 2.24) is 0 Å². The molecule has 0 N–H and O–H groups in total. The van der Waals surface area contributed by atoms with Gasteiger partial charge in [0.05, 0.1) is 0 Å². The van der Waals surface area contributed by atoms with E-state index in [4.69, 9.17) is 0 Å². The van der Waals surface area contributed by atoms with Crippen LogP contribution in [0, 0.1) is 10.4 Å². The summed E-state index contributed by atoms with van der Waals surface area (Å²) in [6, 6.07) is 35.3. The van der Waals surface area contributed by atoms with Crippen molar-refractivity contribution in [3.8, 4) is 0 Å². The molecule has 0 heterocycles. The van der Waals surface area contributed by atoms with Crippen molar-refractivity contribution in [3.05, 3.63) is 158 Å². The zero-order valence-corrected chi connectivity index (χ0v) is 23.5. The summed E-state index contributed by atoms with van der Waals surface area (Å²) in [5.41, 5.74) is 8.06. The van der Waals surface area contributed by atoms with Crippen LogP contribution in [0.3, 0.4) is 0 Å². The van der Waals surface area contributed by atoms with E-state index in [1.165, 1.54) is 82.3 Å². The van der Waals surface area contributed by atoms with Crippen molar-refractivity contribution in [3.63, 3.8) is 0 Å². The fraction of sp³-hybridized carbons (Fsp3) is 0.0323. The maximum atomic E-state index is 2.36. The van der Waals surface area contributed by atoms with Gasteiger partial charge in [-0.25, -0.2) is 0 Å². The van der Waals surface area contributed by atoms with Crippen molar-refractivity contribution in [1.29, 1.82) is 0 Å². The average Bonchev–Trinajstić information content (AvgIpc) is 3.48. The van der Waals surface area contributed by atoms with Gasteiger partial charge < -0.3 is 37.2 Å². The number of halogens is 3. The topological polar surface area (TPSA) is 0 Å². The van der Waals surface area contributed by atoms with E-state index in [2.05, 4.69) is 115 Å². The Hall–Kier alpha value is -2.15. The summed E-state index contributed by atoms with van der Waals surface area (Å²) in [5.74, 6) is 0. The van der Waals surface area contributed by atoms with Crippen molar-refractivity contribution in [2.24, 2.45) is 0 Å². The summed E-state index contributed by atoms with van der Waals surface area (Å²) in [6.07, 6.45) is 7.77. The monoisotopic (exact) mass is 588 g/mol. The summed E-state index contributed by atoms with van der Waals surface area (Å²) in [5, 5.41) is 5.46. The van der Waals surface area contributed by atoms with Gasteiger partial charge in [0.15, 0.2) is 0 Å². The molecular formula is C31H21Cl3Zr. The van der Waals surface area contributed by atoms with Crippen molar-refractivity contribution in [2.75, 3.05) is 0 Å². The van der Waals surface area contributed by atoms with Crippen LogP contribution in [0.4, 0.5) is 0 Å². The molecule has 0 aliphatic heterocycles. The number of fused-ring (bicyclic) bond motifs is 2. The Bertz CT molecular complexity index is 1600. The fourth-order valence-electron chi connectivity index (χ4n) is 5.02. The Morgan fingerprint density at radius 1 is 0.571 bits per heavy atom. The average molecular weight is 591 g/mol. The predicted molar refractivity (Wildman–Crippen MR) is 129 cm³/mol. The zero-order valence-electron chi connectivity index (χ0n) is 18.8. The Labute approximate surface area is 239 Å². The molecule has 0 nitrogen and oxygen atoms in total. The molecule has 170 valence electrons. The van der Waals surface area contributed by atoms with Crippen LogP contribution in [-0.4, -0.2) is 0 Å². The molecule has 6 rings (SSSR count). The summed E-state index contributed by atoms with van der Waals surface area (Å²) in [6.45, 7) is 0. The molecule has 0 radical (unpaired) electrons. The van der Waals surface area contributed by atoms with E-state index in [0.29, 0.717) is 0 Å². The predicted octanol–water partition coefficient (Wildman–Crippen LogP) is -3.41. The van der Waals surface area contributed by atoms with Crippen molar-refractivity contribution < 1.29 is 61.9 Å². The molecule has 0 aromatic heterocycles. The van der Waals surface area contributed by atoms with Crippen LogP contribution in [0.25, 0.3) is 14.4 Å². The van der Waals surface area contributed by atoms with Gasteiger partial charge in [0.2, 0.25) is 0 Å². The van der Waals surface area contributed by atoms with Crippen molar-refractivity contribution >= 4 is 14.4 Å². The van der Waals surface area contributed by atoms with Crippen LogP contribution in [0.15, 0.2) is 115 Å². The molecule has 0 amide bonds. The quantitative estimate of drug-likeness (QED) is 0.233. The van der Waals surface area contributed by atoms with E-state index in [-0.39, 0.29) is 37.2 Å². The van der Waals surface area contributed by atoms with Crippen molar-refractivity contribution in [2.45, 2.75) is 6.42 Å². The van der Waals surface area contributed by atoms with Gasteiger partial charge >= 0.3 is 204 Å². The van der Waals surface area contributed by atoms with Gasteiger partial charge in [-0.05, 0) is 0 Å². The molecule has 0 atom stereocenters. The first-order valence-electron chi connectivity index (χ1n) is 11.0. The van der Waals surface area contributed by atoms with E-state index in [0.717, 1.165) is 6.42 Å². The van der Waals surface area contributed by atoms with Crippen LogP contribution < -0.4 is 47.7 Å². The molecule has 0 fully saturated rings. The Morgan fingerprint density at radius 3 is 1.71 bits per heavy atom. The molecule has 0 saturated carbocycles. The van der Waals surface area contributed by atoms with E-state index < -0.39 is 0 Å². The van der Waals surface area contributed by atoms with E-state index in [9.17, 15) is 0 Å². The van der Waals surface area contributed by atoms with Gasteiger partial charge in [0.25, 0.3) is 0 Å². The second-order valence-electron chi connectivity index (χ2n) is 8.26. The Balaban J connectivity index is 0.00000114. The van der Waals surface area contributed by atoms with Gasteiger partial charge in [-0.15, -0.1) is 0 Å². The Morgan fingerprint density at radius 2 is 1.14 bits per heavy atom. The molecule has 4 aromatic carbocycles. The molecule has 0 bridgehead atoms. The molecule has 2 aliphatic rings. The van der Waals surface area contributed by atoms with Gasteiger partial charge in [0.1, 0.15) is 0 Å². The second-order valence-corrected chi connectivity index (χ2v) is 9.49. The molecule has 4 heteroatoms. The fourth-order valence-corrected chi connectivity index (χ4v) is 6.19. The molecule has 0 spiro atoms. The number of allylic oxidation sites excluding steroid dienone is 4. The number of benzene rings is 4. The Kier molecular flexibility index (Phi) is 9.19. The maximum absolute atomic E-state index is 2.36. The molecular weight excluding hydrogens is 570 g/mol. The third kappa shape index (κ3) is 4.81. The van der Waals surface area contributed by atoms with Gasteiger partial charge in [-0.3, -0.25) is 0 Å². The molecule has 35 heavy (non-hydrogen) atoms. The normalized spacial score (nSPS) is 12.5. The van der Waals surface area contributed by atoms with Gasteiger partial charge in [-0.2, -0.15) is 0 Å². The van der Waals surface area contributed by atoms with Crippen LogP contribution in [0.5, 0.6) is 0 Å². The molecule has 2 aliphatic carbocycles. The van der Waals surface area contributed by atoms with Crippen LogP contribution in [0.2, 0.25) is 0 Å². The number of rotatable bonds is 3. The molecule has 0 saturated heterocycles. The first-order valence-corrected chi connectivity index (χ1v) is 12.3. The third-order valence-corrected chi connectivity index (χ3v) is 7.71. The summed E-state index contributed by atoms with van der Waals surface area (Å²) in [7, 11) is 0. The van der Waals surface area contributed by atoms with E-state index in [1.807, 2.05) is 0 Å². The van der Waals surface area contributed by atoms with E-state index in [1.54, 1.807) is 0 Å². The zero-order chi connectivity index (χ0) is 21.5. The summed E-state index contributed by atoms with van der Waals surface area (Å²) < 4.78 is 1.47. The molecule has 0 unspecified atom stereocenters. The van der Waals surface area contributed by atoms with Crippen LogP contribution >= 0.6 is 0 Å². The van der Waals surface area contributed by atoms with Gasteiger partial charge in [0, 0.05) is 0 Å². The van der Waals surface area contributed by atoms with E-state index >= 15 is 0 Å². The molecule has 4 aromatic rings. The number of hydrogen-bond donors (Lipinski definition) is 0. The number of hydrogen-bond acceptors (Lipinski definition) is 0. The standard InChI is InChI=1S/C31H21.3ClH.Zr/c1-3-11-22(12-4-1)30(23-13-5-2-6-14-23)28-20-19-27-26-18-10-9-17-25(26)21-29(27)31(28)24-15-7-8-16-24;;;;/h1-15,17-20H,16H2;3*1H;/q;;;;+3/p-3. The van der Waals surface area contributed by atoms with Crippen LogP contribution in [0.1, 0.15) is 28.7 Å². The van der Waals surface area contributed by atoms with Crippen LogP contribution in [-0.2, 0) is 24.7 Å². The summed E-state index contributed by atoms with van der Waals surface area (Å²) in [4.78, 5) is 0. The minimum atomic E-state index is 0. The SMILES string of the molecule is [Cl-].[Cl-].[Cl-].[Zr+3][C]1=c2ccccc2=c2ccc(=C(c3ccccc3)c3ccccc3)c(C3=CC=CC3)c21.